The standard InChI is InChI=1S/C33H29N2O3PS2/c1-3-37-39(36,38-4-2)29(24-34)23-30-19-20-32(40-30)33-22-21-31(41-33)25-15-17-28(18-16-25)35(26-11-7-5-8-12-26)27-13-9-6-10-14-27/h5-23H,3-4H2,1-2H3/b29-23+. The van der Waals surface area contributed by atoms with Gasteiger partial charge >= 0.3 is 7.60 Å². The van der Waals surface area contributed by atoms with Gasteiger partial charge in [0.15, 0.2) is 0 Å². The number of benzene rings is 3. The minimum atomic E-state index is -3.64. The summed E-state index contributed by atoms with van der Waals surface area (Å²) in [7, 11) is -3.64. The summed E-state index contributed by atoms with van der Waals surface area (Å²) < 4.78 is 23.8. The molecular formula is C33H29N2O3PS2. The molecule has 5 aromatic rings. The highest BCUT2D eigenvalue weighted by molar-refractivity contribution is 7.59. The van der Waals surface area contributed by atoms with Gasteiger partial charge in [-0.05, 0) is 86.2 Å². The Labute approximate surface area is 249 Å². The van der Waals surface area contributed by atoms with Gasteiger partial charge < -0.3 is 13.9 Å². The highest BCUT2D eigenvalue weighted by atomic mass is 32.1. The highest BCUT2D eigenvalue weighted by Crippen LogP contribution is 2.56. The number of rotatable bonds is 11. The van der Waals surface area contributed by atoms with E-state index >= 15 is 0 Å². The summed E-state index contributed by atoms with van der Waals surface area (Å²) in [5.41, 5.74) is 4.43. The molecule has 5 nitrogen and oxygen atoms in total. The second kappa shape index (κ2) is 13.3. The lowest BCUT2D eigenvalue weighted by Crippen LogP contribution is -2.09. The van der Waals surface area contributed by atoms with Crippen LogP contribution in [0.1, 0.15) is 18.7 Å². The average Bonchev–Trinajstić information content (AvgIpc) is 3.68. The van der Waals surface area contributed by atoms with Crippen LogP contribution in [0.4, 0.5) is 17.1 Å². The molecule has 0 radical (unpaired) electrons. The van der Waals surface area contributed by atoms with Crippen molar-refractivity contribution in [2.24, 2.45) is 0 Å². The van der Waals surface area contributed by atoms with Crippen molar-refractivity contribution in [2.75, 3.05) is 18.1 Å². The number of hydrogen-bond acceptors (Lipinski definition) is 7. The predicted molar refractivity (Wildman–Crippen MR) is 172 cm³/mol. The Morgan fingerprint density at radius 2 is 1.24 bits per heavy atom. The Hall–Kier alpha value is -3.76. The molecular weight excluding hydrogens is 567 g/mol. The van der Waals surface area contributed by atoms with E-state index in [1.54, 1.807) is 31.3 Å². The molecule has 0 atom stereocenters. The third kappa shape index (κ3) is 6.60. The minimum absolute atomic E-state index is 0.0154. The van der Waals surface area contributed by atoms with Gasteiger partial charge in [0.05, 0.1) is 13.2 Å². The van der Waals surface area contributed by atoms with Crippen LogP contribution < -0.4 is 4.90 Å². The Kier molecular flexibility index (Phi) is 9.31. The van der Waals surface area contributed by atoms with Crippen molar-refractivity contribution in [2.45, 2.75) is 13.8 Å². The van der Waals surface area contributed by atoms with E-state index in [4.69, 9.17) is 9.05 Å². The van der Waals surface area contributed by atoms with Crippen LogP contribution >= 0.6 is 30.3 Å². The van der Waals surface area contributed by atoms with Crippen LogP contribution in [0.2, 0.25) is 0 Å². The third-order valence-corrected chi connectivity index (χ3v) is 10.6. The molecule has 41 heavy (non-hydrogen) atoms. The molecule has 0 amide bonds. The fourth-order valence-electron chi connectivity index (χ4n) is 4.39. The molecule has 2 heterocycles. The Balaban J connectivity index is 1.38. The lowest BCUT2D eigenvalue weighted by molar-refractivity contribution is 0.227. The normalized spacial score (nSPS) is 11.8. The van der Waals surface area contributed by atoms with Crippen LogP contribution in [0.25, 0.3) is 26.3 Å². The van der Waals surface area contributed by atoms with Gasteiger partial charge in [0.2, 0.25) is 0 Å². The van der Waals surface area contributed by atoms with Gasteiger partial charge in [0.25, 0.3) is 0 Å². The molecule has 0 saturated carbocycles. The van der Waals surface area contributed by atoms with E-state index < -0.39 is 7.60 Å². The number of para-hydroxylation sites is 2. The van der Waals surface area contributed by atoms with Crippen molar-refractivity contribution < 1.29 is 13.6 Å². The number of hydrogen-bond donors (Lipinski definition) is 0. The molecule has 0 aliphatic heterocycles. The first kappa shape index (κ1) is 28.8. The summed E-state index contributed by atoms with van der Waals surface area (Å²) in [5, 5.41) is 9.68. The second-order valence-electron chi connectivity index (χ2n) is 8.89. The maximum atomic E-state index is 13.1. The van der Waals surface area contributed by atoms with Crippen molar-refractivity contribution in [1.82, 2.24) is 0 Å². The SMILES string of the molecule is CCOP(=O)(OCC)/C(C#N)=C/c1ccc(-c2ccc(-c3ccc(N(c4ccccc4)c4ccccc4)cc3)s2)s1. The van der Waals surface area contributed by atoms with Crippen LogP contribution in [0.5, 0.6) is 0 Å². The van der Waals surface area contributed by atoms with E-state index in [0.717, 1.165) is 42.1 Å². The van der Waals surface area contributed by atoms with Gasteiger partial charge in [-0.15, -0.1) is 22.7 Å². The number of anilines is 3. The summed E-state index contributed by atoms with van der Waals surface area (Å²) in [6.45, 7) is 3.85. The zero-order valence-electron chi connectivity index (χ0n) is 22.8. The van der Waals surface area contributed by atoms with Gasteiger partial charge in [0.1, 0.15) is 11.4 Å². The van der Waals surface area contributed by atoms with E-state index in [1.165, 1.54) is 11.3 Å². The topological polar surface area (TPSA) is 62.6 Å². The summed E-state index contributed by atoms with van der Waals surface area (Å²) >= 11 is 3.25. The van der Waals surface area contributed by atoms with Crippen molar-refractivity contribution in [3.8, 4) is 26.3 Å². The van der Waals surface area contributed by atoms with Crippen LogP contribution in [0.15, 0.2) is 115 Å². The molecule has 5 rings (SSSR count). The van der Waals surface area contributed by atoms with Crippen LogP contribution in [0, 0.1) is 11.3 Å². The lowest BCUT2D eigenvalue weighted by atomic mass is 10.1. The molecule has 0 fully saturated rings. The summed E-state index contributed by atoms with van der Waals surface area (Å²) in [6, 6.07) is 39.6. The molecule has 3 aromatic carbocycles. The van der Waals surface area contributed by atoms with Crippen LogP contribution in [0.3, 0.4) is 0 Å². The monoisotopic (exact) mass is 596 g/mol. The molecule has 0 spiro atoms. The molecule has 0 aliphatic rings. The van der Waals surface area contributed by atoms with Gasteiger partial charge in [-0.25, -0.2) is 0 Å². The number of thiophene rings is 2. The average molecular weight is 597 g/mol. The second-order valence-corrected chi connectivity index (χ2v) is 13.1. The van der Waals surface area contributed by atoms with Crippen molar-refractivity contribution >= 4 is 53.4 Å². The summed E-state index contributed by atoms with van der Waals surface area (Å²) in [5.74, 6) is 0. The van der Waals surface area contributed by atoms with Gasteiger partial charge in [-0.1, -0.05) is 48.5 Å². The maximum absolute atomic E-state index is 13.1. The lowest BCUT2D eigenvalue weighted by Gasteiger charge is -2.25. The van der Waals surface area contributed by atoms with Crippen LogP contribution in [-0.4, -0.2) is 13.2 Å². The quantitative estimate of drug-likeness (QED) is 0.112. The first-order valence-electron chi connectivity index (χ1n) is 13.3. The van der Waals surface area contributed by atoms with Crippen molar-refractivity contribution in [1.29, 1.82) is 5.26 Å². The van der Waals surface area contributed by atoms with E-state index in [1.807, 2.05) is 30.3 Å². The minimum Gasteiger partial charge on any atom is -0.311 e. The molecule has 0 unspecified atom stereocenters. The van der Waals surface area contributed by atoms with Gasteiger partial charge in [-0.3, -0.25) is 4.57 Å². The largest absolute Gasteiger partial charge is 0.371 e. The molecule has 0 saturated heterocycles. The maximum Gasteiger partial charge on any atom is 0.371 e. The highest BCUT2D eigenvalue weighted by Gasteiger charge is 2.30. The summed E-state index contributed by atoms with van der Waals surface area (Å²) in [4.78, 5) is 6.43. The van der Waals surface area contributed by atoms with E-state index in [2.05, 4.69) is 89.8 Å². The fourth-order valence-corrected chi connectivity index (χ4v) is 7.98. The number of nitrogens with zero attached hydrogens (tertiary/aromatic N) is 2. The van der Waals surface area contributed by atoms with E-state index in [-0.39, 0.29) is 18.5 Å². The van der Waals surface area contributed by atoms with E-state index in [9.17, 15) is 9.83 Å². The molecule has 206 valence electrons. The number of nitriles is 1. The third-order valence-electron chi connectivity index (χ3n) is 6.20. The number of allylic oxidation sites excluding steroid dienone is 1. The smallest absolute Gasteiger partial charge is 0.311 e. The predicted octanol–water partition coefficient (Wildman–Crippen LogP) is 10.7. The van der Waals surface area contributed by atoms with Gasteiger partial charge in [-0.2, -0.15) is 5.26 Å². The van der Waals surface area contributed by atoms with Crippen LogP contribution in [-0.2, 0) is 13.6 Å². The summed E-state index contributed by atoms with van der Waals surface area (Å²) in [6.07, 6.45) is 1.61. The van der Waals surface area contributed by atoms with Crippen molar-refractivity contribution in [3.63, 3.8) is 0 Å². The first-order valence-corrected chi connectivity index (χ1v) is 16.4. The molecule has 0 bridgehead atoms. The molecule has 0 N–H and O–H groups in total. The van der Waals surface area contributed by atoms with Crippen molar-refractivity contribution in [3.05, 3.63) is 119 Å². The molecule has 2 aromatic heterocycles. The molecule has 8 heteroatoms. The molecule has 0 aliphatic carbocycles. The zero-order chi connectivity index (χ0) is 28.7. The van der Waals surface area contributed by atoms with Gasteiger partial charge in [0, 0.05) is 36.6 Å². The Morgan fingerprint density at radius 3 is 1.80 bits per heavy atom. The van der Waals surface area contributed by atoms with E-state index in [0.29, 0.717) is 0 Å². The Bertz CT molecular complexity index is 1660. The first-order chi connectivity index (χ1) is 20.0. The fraction of sp³-hybridized carbons (Fsp3) is 0.121. The zero-order valence-corrected chi connectivity index (χ0v) is 25.3. The Morgan fingerprint density at radius 1 is 0.732 bits per heavy atom.